The van der Waals surface area contributed by atoms with Gasteiger partial charge in [0.2, 0.25) is 10.0 Å². The molecule has 0 bridgehead atoms. The summed E-state index contributed by atoms with van der Waals surface area (Å²) < 4.78 is 40.3. The fourth-order valence-electron chi connectivity index (χ4n) is 4.62. The quantitative estimate of drug-likeness (QED) is 0.204. The predicted octanol–water partition coefficient (Wildman–Crippen LogP) is 4.92. The van der Waals surface area contributed by atoms with E-state index in [1.165, 1.54) is 22.7 Å². The van der Waals surface area contributed by atoms with Gasteiger partial charge in [-0.25, -0.2) is 17.8 Å². The molecule has 1 aromatic heterocycles. The molecule has 0 unspecified atom stereocenters. The van der Waals surface area contributed by atoms with Crippen molar-refractivity contribution in [3.63, 3.8) is 0 Å². The van der Waals surface area contributed by atoms with Crippen molar-refractivity contribution < 1.29 is 27.8 Å². The highest BCUT2D eigenvalue weighted by Crippen LogP contribution is 2.33. The molecule has 0 aliphatic rings. The lowest BCUT2D eigenvalue weighted by molar-refractivity contribution is -0.136. The van der Waals surface area contributed by atoms with Crippen molar-refractivity contribution in [2.45, 2.75) is 19.3 Å². The van der Waals surface area contributed by atoms with Crippen molar-refractivity contribution in [3.05, 3.63) is 89.2 Å². The number of carboxylic acids is 1. The third kappa shape index (κ3) is 7.50. The zero-order valence-electron chi connectivity index (χ0n) is 23.1. The molecule has 3 N–H and O–H groups in total. The van der Waals surface area contributed by atoms with E-state index in [0.717, 1.165) is 12.1 Å². The number of aromatic nitrogens is 1. The topological polar surface area (TPSA) is 126 Å². The fraction of sp³-hybridized carbons (Fsp3) is 0.267. The standard InChI is InChI=1S/C30H33FN4O5S/c1-34(2)16-5-17-35(41(3,39)40)24-12-10-23(11-13-24)32-29(21-7-4-6-20(18-21)8-15-27(36)37)28-25-14-9-22(31)19-26(25)33-30(28)38/h4,6-7,9-14,18-19,33,38H,5,8,15-17H2,1-3H3,(H,36,37). The predicted molar refractivity (Wildman–Crippen MR) is 159 cm³/mol. The minimum absolute atomic E-state index is 0.0413. The summed E-state index contributed by atoms with van der Waals surface area (Å²) in [6.45, 7) is 1.06. The zero-order valence-corrected chi connectivity index (χ0v) is 23.9. The van der Waals surface area contributed by atoms with Gasteiger partial charge in [0.1, 0.15) is 5.82 Å². The average molecular weight is 581 g/mol. The first-order valence-corrected chi connectivity index (χ1v) is 14.9. The van der Waals surface area contributed by atoms with Crippen LogP contribution in [0.3, 0.4) is 0 Å². The number of benzene rings is 3. The molecule has 0 radical (unpaired) electrons. The van der Waals surface area contributed by atoms with Gasteiger partial charge in [0.15, 0.2) is 5.88 Å². The van der Waals surface area contributed by atoms with Gasteiger partial charge < -0.3 is 20.1 Å². The van der Waals surface area contributed by atoms with Crippen LogP contribution in [0.25, 0.3) is 10.9 Å². The normalized spacial score (nSPS) is 12.3. The first kappa shape index (κ1) is 29.8. The van der Waals surface area contributed by atoms with Crippen LogP contribution in [-0.2, 0) is 21.2 Å². The molecule has 0 amide bonds. The Labute approximate surface area is 238 Å². The van der Waals surface area contributed by atoms with Gasteiger partial charge in [-0.05, 0) is 87.6 Å². The number of carbonyl (C=O) groups is 1. The van der Waals surface area contributed by atoms with Gasteiger partial charge in [-0.3, -0.25) is 9.10 Å². The molecule has 0 aliphatic carbocycles. The smallest absolute Gasteiger partial charge is 0.303 e. The largest absolute Gasteiger partial charge is 0.494 e. The lowest BCUT2D eigenvalue weighted by Gasteiger charge is -2.23. The molecular formula is C30H33FN4O5S. The van der Waals surface area contributed by atoms with E-state index in [1.54, 1.807) is 42.5 Å². The first-order chi connectivity index (χ1) is 19.4. The van der Waals surface area contributed by atoms with Crippen molar-refractivity contribution in [3.8, 4) is 5.88 Å². The Morgan fingerprint density at radius 2 is 1.76 bits per heavy atom. The maximum Gasteiger partial charge on any atom is 0.303 e. The minimum atomic E-state index is -3.51. The molecule has 4 rings (SSSR count). The van der Waals surface area contributed by atoms with Crippen LogP contribution in [0.4, 0.5) is 15.8 Å². The third-order valence-electron chi connectivity index (χ3n) is 6.55. The van der Waals surface area contributed by atoms with Crippen LogP contribution in [0.15, 0.2) is 71.7 Å². The summed E-state index contributed by atoms with van der Waals surface area (Å²) in [4.78, 5) is 20.8. The van der Waals surface area contributed by atoms with Crippen molar-refractivity contribution in [2.75, 3.05) is 37.7 Å². The Morgan fingerprint density at radius 3 is 2.41 bits per heavy atom. The molecule has 0 saturated heterocycles. The summed E-state index contributed by atoms with van der Waals surface area (Å²) in [5.41, 5.74) is 3.55. The highest BCUT2D eigenvalue weighted by atomic mass is 32.2. The molecule has 3 aromatic carbocycles. The van der Waals surface area contributed by atoms with E-state index >= 15 is 0 Å². The highest BCUT2D eigenvalue weighted by Gasteiger charge is 2.21. The number of sulfonamides is 1. The summed E-state index contributed by atoms with van der Waals surface area (Å²) in [5, 5.41) is 20.6. The number of halogens is 1. The lowest BCUT2D eigenvalue weighted by Crippen LogP contribution is -2.32. The number of aromatic hydroxyl groups is 1. The number of rotatable bonds is 12. The van der Waals surface area contributed by atoms with Gasteiger partial charge in [-0.2, -0.15) is 0 Å². The van der Waals surface area contributed by atoms with Crippen LogP contribution in [0.2, 0.25) is 0 Å². The molecule has 216 valence electrons. The maximum absolute atomic E-state index is 13.9. The summed E-state index contributed by atoms with van der Waals surface area (Å²) in [5.74, 6) is -1.57. The molecule has 0 fully saturated rings. The second-order valence-electron chi connectivity index (χ2n) is 10.1. The van der Waals surface area contributed by atoms with Crippen molar-refractivity contribution in [1.29, 1.82) is 0 Å². The number of nitrogens with one attached hydrogen (secondary N) is 1. The van der Waals surface area contributed by atoms with Crippen LogP contribution in [0.5, 0.6) is 5.88 Å². The Kier molecular flexibility index (Phi) is 9.09. The second kappa shape index (κ2) is 12.5. The van der Waals surface area contributed by atoms with Crippen LogP contribution >= 0.6 is 0 Å². The van der Waals surface area contributed by atoms with Crippen LogP contribution < -0.4 is 4.31 Å². The van der Waals surface area contributed by atoms with E-state index in [0.29, 0.717) is 58.5 Å². The Hall–Kier alpha value is -4.22. The Bertz CT molecular complexity index is 1680. The van der Waals surface area contributed by atoms with Gasteiger partial charge in [-0.15, -0.1) is 0 Å². The van der Waals surface area contributed by atoms with Crippen LogP contribution in [-0.4, -0.2) is 73.6 Å². The van der Waals surface area contributed by atoms with E-state index in [4.69, 9.17) is 10.1 Å². The monoisotopic (exact) mass is 580 g/mol. The van der Waals surface area contributed by atoms with Gasteiger partial charge in [0.25, 0.3) is 0 Å². The number of carboxylic acid groups (broad SMARTS) is 1. The molecular weight excluding hydrogens is 547 g/mol. The van der Waals surface area contributed by atoms with Gasteiger partial charge >= 0.3 is 5.97 Å². The number of nitrogens with zero attached hydrogens (tertiary/aromatic N) is 3. The Balaban J connectivity index is 1.79. The SMILES string of the molecule is CN(C)CCCN(c1ccc(N=C(c2cccc(CCC(=O)O)c2)c2c(O)[nH]c3cc(F)ccc23)cc1)S(C)(=O)=O. The van der Waals surface area contributed by atoms with E-state index in [2.05, 4.69) is 4.98 Å². The highest BCUT2D eigenvalue weighted by molar-refractivity contribution is 7.92. The van der Waals surface area contributed by atoms with Crippen LogP contribution in [0.1, 0.15) is 29.5 Å². The molecule has 4 aromatic rings. The van der Waals surface area contributed by atoms with E-state index in [1.807, 2.05) is 31.1 Å². The van der Waals surface area contributed by atoms with E-state index in [9.17, 15) is 22.7 Å². The molecule has 11 heteroatoms. The Morgan fingerprint density at radius 1 is 1.02 bits per heavy atom. The summed E-state index contributed by atoms with van der Waals surface area (Å²) >= 11 is 0. The number of aromatic amines is 1. The lowest BCUT2D eigenvalue weighted by atomic mass is 9.97. The first-order valence-electron chi connectivity index (χ1n) is 13.1. The van der Waals surface area contributed by atoms with Gasteiger partial charge in [0.05, 0.1) is 34.4 Å². The molecule has 41 heavy (non-hydrogen) atoms. The number of aryl methyl sites for hydroxylation is 1. The number of H-pyrrole nitrogens is 1. The molecule has 0 spiro atoms. The molecule has 0 aliphatic heterocycles. The number of aliphatic imine (C=N–C) groups is 1. The van der Waals surface area contributed by atoms with Crippen molar-refractivity contribution in [1.82, 2.24) is 9.88 Å². The van der Waals surface area contributed by atoms with Crippen molar-refractivity contribution >= 4 is 44.0 Å². The number of fused-ring (bicyclic) bond motifs is 1. The van der Waals surface area contributed by atoms with E-state index in [-0.39, 0.29) is 12.3 Å². The van der Waals surface area contributed by atoms with Crippen molar-refractivity contribution in [2.24, 2.45) is 4.99 Å². The third-order valence-corrected chi connectivity index (χ3v) is 7.75. The molecule has 1 heterocycles. The second-order valence-corrected chi connectivity index (χ2v) is 12.0. The number of anilines is 1. The van der Waals surface area contributed by atoms with Gasteiger partial charge in [-0.1, -0.05) is 18.2 Å². The summed E-state index contributed by atoms with van der Waals surface area (Å²) in [6, 6.07) is 18.1. The number of aliphatic carboxylic acids is 1. The van der Waals surface area contributed by atoms with Crippen LogP contribution in [0, 0.1) is 5.82 Å². The molecule has 9 nitrogen and oxygen atoms in total. The number of hydrogen-bond donors (Lipinski definition) is 3. The average Bonchev–Trinajstić information content (AvgIpc) is 3.22. The van der Waals surface area contributed by atoms with Gasteiger partial charge in [0, 0.05) is 23.9 Å². The zero-order chi connectivity index (χ0) is 29.7. The minimum Gasteiger partial charge on any atom is -0.494 e. The summed E-state index contributed by atoms with van der Waals surface area (Å²) in [7, 11) is 0.348. The fourth-order valence-corrected chi connectivity index (χ4v) is 5.59. The molecule has 0 saturated carbocycles. The summed E-state index contributed by atoms with van der Waals surface area (Å²) in [6.07, 6.45) is 2.10. The number of hydrogen-bond acceptors (Lipinski definition) is 6. The van der Waals surface area contributed by atoms with E-state index < -0.39 is 21.8 Å². The molecule has 0 atom stereocenters. The maximum atomic E-state index is 13.9.